The lowest BCUT2D eigenvalue weighted by molar-refractivity contribution is -0.0508. The molecule has 0 bridgehead atoms. The molecule has 1 aromatic carbocycles. The molecule has 0 aliphatic carbocycles. The Bertz CT molecular complexity index is 601. The van der Waals surface area contributed by atoms with Crippen molar-refractivity contribution in [2.24, 2.45) is 7.05 Å². The first-order valence-corrected chi connectivity index (χ1v) is 6.42. The van der Waals surface area contributed by atoms with E-state index in [1.165, 1.54) is 12.1 Å². The summed E-state index contributed by atoms with van der Waals surface area (Å²) in [5.74, 6) is -0.775. The van der Waals surface area contributed by atoms with Gasteiger partial charge in [-0.2, -0.15) is 13.9 Å². The van der Waals surface area contributed by atoms with Crippen molar-refractivity contribution in [2.75, 3.05) is 0 Å². The van der Waals surface area contributed by atoms with Crippen molar-refractivity contribution >= 4 is 0 Å². The van der Waals surface area contributed by atoms with Crippen LogP contribution >= 0.6 is 0 Å². The molecule has 0 aliphatic heterocycles. The van der Waals surface area contributed by atoms with Gasteiger partial charge in [0.2, 0.25) is 0 Å². The number of aromatic nitrogens is 2. The lowest BCUT2D eigenvalue weighted by Crippen LogP contribution is -2.21. The largest absolute Gasteiger partial charge is 0.434 e. The molecular formula is C14H16F3N3O. The molecule has 21 heavy (non-hydrogen) atoms. The van der Waals surface area contributed by atoms with Gasteiger partial charge in [0.25, 0.3) is 0 Å². The Labute approximate surface area is 120 Å². The van der Waals surface area contributed by atoms with Gasteiger partial charge in [0.1, 0.15) is 11.6 Å². The van der Waals surface area contributed by atoms with E-state index in [9.17, 15) is 13.2 Å². The maximum Gasteiger partial charge on any atom is 0.387 e. The summed E-state index contributed by atoms with van der Waals surface area (Å²) in [5.41, 5.74) is 1.42. The van der Waals surface area contributed by atoms with E-state index in [2.05, 4.69) is 15.2 Å². The fraction of sp³-hybridized carbons (Fsp3) is 0.357. The van der Waals surface area contributed by atoms with Crippen molar-refractivity contribution in [1.29, 1.82) is 0 Å². The van der Waals surface area contributed by atoms with Crippen LogP contribution < -0.4 is 10.1 Å². The average molecular weight is 299 g/mol. The first-order valence-electron chi connectivity index (χ1n) is 6.42. The van der Waals surface area contributed by atoms with Crippen LogP contribution in [-0.4, -0.2) is 16.4 Å². The second kappa shape index (κ2) is 6.62. The van der Waals surface area contributed by atoms with Gasteiger partial charge < -0.3 is 10.1 Å². The van der Waals surface area contributed by atoms with Gasteiger partial charge in [0.15, 0.2) is 0 Å². The van der Waals surface area contributed by atoms with E-state index < -0.39 is 12.4 Å². The molecule has 1 heterocycles. The van der Waals surface area contributed by atoms with Crippen LogP contribution in [0.1, 0.15) is 24.2 Å². The second-order valence-corrected chi connectivity index (χ2v) is 4.61. The average Bonchev–Trinajstić information content (AvgIpc) is 2.81. The molecule has 0 saturated heterocycles. The van der Waals surface area contributed by atoms with E-state index in [4.69, 9.17) is 0 Å². The van der Waals surface area contributed by atoms with E-state index in [0.29, 0.717) is 12.1 Å². The number of hydrogen-bond acceptors (Lipinski definition) is 3. The smallest absolute Gasteiger partial charge is 0.387 e. The highest BCUT2D eigenvalue weighted by Gasteiger charge is 2.16. The maximum absolute atomic E-state index is 13.2. The molecular weight excluding hydrogens is 283 g/mol. The van der Waals surface area contributed by atoms with E-state index in [-0.39, 0.29) is 11.8 Å². The Morgan fingerprint density at radius 2 is 2.10 bits per heavy atom. The van der Waals surface area contributed by atoms with Crippen molar-refractivity contribution in [3.63, 3.8) is 0 Å². The molecule has 2 rings (SSSR count). The number of ether oxygens (including phenoxy) is 1. The molecule has 0 fully saturated rings. The molecule has 0 saturated carbocycles. The Kier molecular flexibility index (Phi) is 4.85. The third kappa shape index (κ3) is 3.98. The topological polar surface area (TPSA) is 39.1 Å². The van der Waals surface area contributed by atoms with E-state index in [0.717, 1.165) is 11.8 Å². The monoisotopic (exact) mass is 299 g/mol. The van der Waals surface area contributed by atoms with Crippen LogP contribution in [0.4, 0.5) is 13.2 Å². The fourth-order valence-electron chi connectivity index (χ4n) is 2.01. The van der Waals surface area contributed by atoms with Crippen LogP contribution in [-0.2, 0) is 13.6 Å². The molecule has 0 spiro atoms. The third-order valence-electron chi connectivity index (χ3n) is 3.17. The summed E-state index contributed by atoms with van der Waals surface area (Å²) in [6, 6.07) is 5.18. The molecule has 1 N–H and O–H groups in total. The summed E-state index contributed by atoms with van der Waals surface area (Å²) in [6.45, 7) is -0.694. The summed E-state index contributed by atoms with van der Waals surface area (Å²) >= 11 is 0. The summed E-state index contributed by atoms with van der Waals surface area (Å²) < 4.78 is 44.0. The van der Waals surface area contributed by atoms with Crippen molar-refractivity contribution in [2.45, 2.75) is 26.1 Å². The van der Waals surface area contributed by atoms with Crippen LogP contribution in [0.25, 0.3) is 0 Å². The molecule has 1 unspecified atom stereocenters. The van der Waals surface area contributed by atoms with Crippen LogP contribution in [0, 0.1) is 5.82 Å². The van der Waals surface area contributed by atoms with E-state index >= 15 is 0 Å². The van der Waals surface area contributed by atoms with Crippen molar-refractivity contribution in [1.82, 2.24) is 15.1 Å². The Hall–Kier alpha value is -2.02. The predicted molar refractivity (Wildman–Crippen MR) is 71.5 cm³/mol. The summed E-state index contributed by atoms with van der Waals surface area (Å²) in [5, 5.41) is 7.21. The number of benzene rings is 1. The molecule has 4 nitrogen and oxygen atoms in total. The highest BCUT2D eigenvalue weighted by molar-refractivity contribution is 5.36. The molecule has 0 aliphatic rings. The van der Waals surface area contributed by atoms with Gasteiger partial charge in [-0.1, -0.05) is 6.07 Å². The lowest BCUT2D eigenvalue weighted by Gasteiger charge is -2.18. The maximum atomic E-state index is 13.2. The number of nitrogens with one attached hydrogen (secondary N) is 1. The minimum atomic E-state index is -2.99. The Balaban J connectivity index is 2.11. The highest BCUT2D eigenvalue weighted by atomic mass is 19.3. The van der Waals surface area contributed by atoms with Gasteiger partial charge in [-0.05, 0) is 19.1 Å². The van der Waals surface area contributed by atoms with Gasteiger partial charge in [0, 0.05) is 37.5 Å². The van der Waals surface area contributed by atoms with Gasteiger partial charge >= 0.3 is 6.61 Å². The SMILES string of the molecule is CC(NCc1ccnn1C)c1ccc(F)cc1OC(F)F. The molecule has 0 radical (unpaired) electrons. The molecule has 114 valence electrons. The molecule has 7 heteroatoms. The Morgan fingerprint density at radius 1 is 1.33 bits per heavy atom. The number of hydrogen-bond donors (Lipinski definition) is 1. The van der Waals surface area contributed by atoms with Crippen LogP contribution in [0.2, 0.25) is 0 Å². The zero-order valence-electron chi connectivity index (χ0n) is 11.7. The van der Waals surface area contributed by atoms with Gasteiger partial charge in [-0.25, -0.2) is 4.39 Å². The summed E-state index contributed by atoms with van der Waals surface area (Å²) in [4.78, 5) is 0. The fourth-order valence-corrected chi connectivity index (χ4v) is 2.01. The first-order chi connectivity index (χ1) is 9.97. The van der Waals surface area contributed by atoms with Crippen LogP contribution in [0.5, 0.6) is 5.75 Å². The molecule has 2 aromatic rings. The number of rotatable bonds is 6. The number of alkyl halides is 2. The van der Waals surface area contributed by atoms with Gasteiger partial charge in [-0.3, -0.25) is 4.68 Å². The number of halogens is 3. The highest BCUT2D eigenvalue weighted by Crippen LogP contribution is 2.27. The predicted octanol–water partition coefficient (Wildman–Crippen LogP) is 3.01. The normalized spacial score (nSPS) is 12.7. The van der Waals surface area contributed by atoms with Gasteiger partial charge in [0.05, 0.1) is 5.69 Å². The minimum absolute atomic E-state index is 0.157. The molecule has 0 amide bonds. The standard InChI is InChI=1S/C14H16F3N3O/c1-9(18-8-11-5-6-19-20(11)2)12-4-3-10(15)7-13(12)21-14(16)17/h3-7,9,14,18H,8H2,1-2H3. The van der Waals surface area contributed by atoms with E-state index in [1.807, 2.05) is 13.1 Å². The first kappa shape index (κ1) is 15.4. The summed E-state index contributed by atoms with van der Waals surface area (Å²) in [6.07, 6.45) is 1.67. The van der Waals surface area contributed by atoms with Gasteiger partial charge in [-0.15, -0.1) is 0 Å². The molecule has 1 atom stereocenters. The quantitative estimate of drug-likeness (QED) is 0.891. The summed E-state index contributed by atoms with van der Waals surface area (Å²) in [7, 11) is 1.81. The minimum Gasteiger partial charge on any atom is -0.434 e. The van der Waals surface area contributed by atoms with Crippen LogP contribution in [0.15, 0.2) is 30.5 Å². The van der Waals surface area contributed by atoms with Crippen molar-refractivity contribution in [3.8, 4) is 5.75 Å². The van der Waals surface area contributed by atoms with E-state index in [1.54, 1.807) is 17.8 Å². The molecule has 1 aromatic heterocycles. The number of aryl methyl sites for hydroxylation is 1. The third-order valence-corrected chi connectivity index (χ3v) is 3.17. The van der Waals surface area contributed by atoms with Crippen LogP contribution in [0.3, 0.4) is 0 Å². The number of nitrogens with zero attached hydrogens (tertiary/aromatic N) is 2. The zero-order valence-corrected chi connectivity index (χ0v) is 11.7. The van der Waals surface area contributed by atoms with Crippen molar-refractivity contribution < 1.29 is 17.9 Å². The zero-order chi connectivity index (χ0) is 15.4. The second-order valence-electron chi connectivity index (χ2n) is 4.61. The Morgan fingerprint density at radius 3 is 2.71 bits per heavy atom. The lowest BCUT2D eigenvalue weighted by atomic mass is 10.1. The van der Waals surface area contributed by atoms with Crippen molar-refractivity contribution in [3.05, 3.63) is 47.5 Å².